The van der Waals surface area contributed by atoms with Gasteiger partial charge in [0, 0.05) is 143 Å². The van der Waals surface area contributed by atoms with Crippen LogP contribution in [0.1, 0.15) is 125 Å². The zero-order valence-corrected chi connectivity index (χ0v) is 54.5. The Hall–Kier alpha value is -11.8. The zero-order valence-electron chi connectivity index (χ0n) is 54.5. The van der Waals surface area contributed by atoms with E-state index in [-0.39, 0.29) is 169 Å². The summed E-state index contributed by atoms with van der Waals surface area (Å²) in [5, 5.41) is 0. The van der Waals surface area contributed by atoms with Crippen LogP contribution in [0.15, 0.2) is 182 Å². The van der Waals surface area contributed by atoms with Crippen LogP contribution in [0.25, 0.3) is 0 Å². The van der Waals surface area contributed by atoms with E-state index in [4.69, 9.17) is 47.4 Å². The summed E-state index contributed by atoms with van der Waals surface area (Å²) >= 11 is 0. The van der Waals surface area contributed by atoms with Crippen molar-refractivity contribution in [2.24, 2.45) is 0 Å². The van der Waals surface area contributed by atoms with Crippen LogP contribution in [0.5, 0.6) is 57.5 Å². The molecule has 0 spiro atoms. The Bertz CT molecular complexity index is 3420. The van der Waals surface area contributed by atoms with Crippen LogP contribution < -0.4 is 47.4 Å². The first kappa shape index (κ1) is 72.3. The lowest BCUT2D eigenvalue weighted by atomic mass is 9.94. The van der Waals surface area contributed by atoms with Crippen molar-refractivity contribution >= 4 is 59.7 Å². The molecule has 15 rings (SSSR count). The first-order chi connectivity index (χ1) is 44.4. The predicted octanol–water partition coefficient (Wildman–Crippen LogP) is 12.8. The summed E-state index contributed by atoms with van der Waals surface area (Å²) in [5.41, 5.74) is -0.204. The molecule has 0 N–H and O–H groups in total. The van der Waals surface area contributed by atoms with E-state index >= 15 is 0 Å². The number of hydrogen-bond acceptors (Lipinski definition) is 20. The molecule has 490 valence electrons. The highest BCUT2D eigenvalue weighted by Crippen LogP contribution is 2.44. The molecule has 10 aliphatic carbocycles. The quantitative estimate of drug-likeness (QED) is 0.0390. The van der Waals surface area contributed by atoms with Gasteiger partial charge >= 0.3 is 59.7 Å². The Balaban J connectivity index is 1.95. The summed E-state index contributed by atoms with van der Waals surface area (Å²) in [6.45, 7) is 51.4. The summed E-state index contributed by atoms with van der Waals surface area (Å²) in [6.07, 6.45) is -2.04. The Kier molecular flexibility index (Phi) is 23.2. The molecule has 0 unspecified atom stereocenters. The Morgan fingerprint density at radius 3 is 0.326 bits per heavy atom. The monoisotopic (exact) mass is 1290 g/mol. The number of esters is 10. The molecule has 5 aromatic rings. The van der Waals surface area contributed by atoms with E-state index in [0.29, 0.717) is 0 Å². The molecule has 0 amide bonds. The lowest BCUT2D eigenvalue weighted by molar-refractivity contribution is -0.131. The molecule has 20 nitrogen and oxygen atoms in total. The van der Waals surface area contributed by atoms with E-state index in [1.807, 2.05) is 0 Å². The van der Waals surface area contributed by atoms with Crippen LogP contribution in [-0.4, -0.2) is 59.7 Å². The summed E-state index contributed by atoms with van der Waals surface area (Å²) in [7, 11) is 0. The van der Waals surface area contributed by atoms with Gasteiger partial charge in [-0.2, -0.15) is 0 Å². The van der Waals surface area contributed by atoms with Gasteiger partial charge in [-0.05, 0) is 130 Å². The van der Waals surface area contributed by atoms with Gasteiger partial charge in [0.1, 0.15) is 57.5 Å². The maximum atomic E-state index is 13.8. The Labute approximate surface area is 549 Å². The first-order valence-electron chi connectivity index (χ1n) is 29.0. The molecule has 20 heteroatoms. The van der Waals surface area contributed by atoms with E-state index in [1.54, 1.807) is 0 Å². The van der Waals surface area contributed by atoms with Crippen molar-refractivity contribution < 1.29 is 95.3 Å². The fourth-order valence-electron chi connectivity index (χ4n) is 8.45. The van der Waals surface area contributed by atoms with Crippen molar-refractivity contribution in [3.05, 3.63) is 238 Å². The van der Waals surface area contributed by atoms with Gasteiger partial charge in [0.25, 0.3) is 0 Å². The third kappa shape index (κ3) is 18.7. The first-order valence-corrected chi connectivity index (χ1v) is 29.0. The van der Waals surface area contributed by atoms with Gasteiger partial charge in [-0.15, -0.1) is 0 Å². The van der Waals surface area contributed by atoms with Crippen LogP contribution in [0.4, 0.5) is 0 Å². The van der Waals surface area contributed by atoms with E-state index in [2.05, 4.69) is 65.8 Å². The van der Waals surface area contributed by atoms with Crippen molar-refractivity contribution in [2.45, 2.75) is 101 Å². The fourth-order valence-corrected chi connectivity index (χ4v) is 8.45. The van der Waals surface area contributed by atoms with E-state index in [9.17, 15) is 47.9 Å². The van der Waals surface area contributed by atoms with Crippen molar-refractivity contribution in [1.29, 1.82) is 0 Å². The largest absolute Gasteiger partial charge is 0.423 e. The molecule has 0 saturated carbocycles. The number of benzene rings is 5. The molecule has 0 heterocycles. The molecule has 0 aliphatic heterocycles. The van der Waals surface area contributed by atoms with Gasteiger partial charge in [-0.3, -0.25) is 0 Å². The Morgan fingerprint density at radius 1 is 0.189 bits per heavy atom. The van der Waals surface area contributed by atoms with Crippen LogP contribution in [0.2, 0.25) is 0 Å². The van der Waals surface area contributed by atoms with Gasteiger partial charge in [-0.1, -0.05) is 65.8 Å². The molecule has 0 fully saturated rings. The smallest absolute Gasteiger partial charge is 0.338 e. The average molecular weight is 1290 g/mol. The summed E-state index contributed by atoms with van der Waals surface area (Å²) in [5.74, 6) is -11.6. The van der Waals surface area contributed by atoms with Gasteiger partial charge in [-0.25, -0.2) is 47.9 Å². The molecule has 10 aliphatic rings. The maximum absolute atomic E-state index is 13.8. The third-order valence-corrected chi connectivity index (χ3v) is 13.6. The molecule has 10 bridgehead atoms. The topological polar surface area (TPSA) is 263 Å². The molecule has 0 saturated heterocycles. The highest BCUT2D eigenvalue weighted by atomic mass is 16.6. The number of ether oxygens (including phenoxy) is 10. The fraction of sp³-hybridized carbons (Fsp3) is 0.200. The van der Waals surface area contributed by atoms with E-state index in [0.717, 1.165) is 0 Å². The minimum Gasteiger partial charge on any atom is -0.423 e. The normalized spacial score (nSPS) is 11.3. The standard InChI is InChI=1S/C75H70O20/c1-36(2)66(76)86-56-26-47-22-49-29-61(91-71(81)41(11)12)51(31-60(49)90-70(80)40(9)10)24-53-33-65(95-75(85)45(19)20)55(35-64(53)94-74(84)44(17)18)25-54-34-62(92-72(82)42(13)14)52(32-63(54)93-73(83)43(15)16)23-50-30-58(88-68(78)38(5)6)48(28-59(50)89-69(79)39(7)8)21-46(56)27-57(47)87-67(77)37(3)4/h26-35H,1,3,5,7,9,11,13,15,17,19,21-25H2,2,4,6,8,10,12,14,16,18,20H3. The molecule has 0 atom stereocenters. The summed E-state index contributed by atoms with van der Waals surface area (Å²) < 4.78 is 60.4. The molecule has 0 aromatic heterocycles. The van der Waals surface area contributed by atoms with Crippen molar-refractivity contribution in [2.75, 3.05) is 0 Å². The second kappa shape index (κ2) is 30.5. The zero-order chi connectivity index (χ0) is 70.8. The van der Waals surface area contributed by atoms with Crippen molar-refractivity contribution in [3.8, 4) is 57.5 Å². The SMILES string of the molecule is C=C(C)C(=O)Oc1cc2c(OC(=O)C(=C)C)cc1Cc1cc(OC(=O)C(=C)C)c(cc1OC(=O)C(=C)C)Cc1cc(OC(=O)C(=C)C)c(cc1OC(=O)C(=C)C)Cc1cc(OC(=O)C(=C)C)c(cc1OC(=O)C(=C)C)Cc1cc(OC(=O)C(=C)C)c(cc1OC(=O)C(=C)C)C2. The van der Waals surface area contributed by atoms with E-state index < -0.39 is 91.8 Å². The van der Waals surface area contributed by atoms with Crippen molar-refractivity contribution in [1.82, 2.24) is 0 Å². The summed E-state index contributed by atoms with van der Waals surface area (Å²) in [6, 6.07) is 13.3. The highest BCUT2D eigenvalue weighted by Gasteiger charge is 2.30. The van der Waals surface area contributed by atoms with E-state index in [1.165, 1.54) is 130 Å². The van der Waals surface area contributed by atoms with Gasteiger partial charge < -0.3 is 47.4 Å². The minimum atomic E-state index is -0.941. The second-order valence-corrected chi connectivity index (χ2v) is 22.9. The number of rotatable bonds is 20. The third-order valence-electron chi connectivity index (χ3n) is 13.6. The number of hydrogen-bond donors (Lipinski definition) is 0. The average Bonchev–Trinajstić information content (AvgIpc) is 1.03. The van der Waals surface area contributed by atoms with Gasteiger partial charge in [0.2, 0.25) is 0 Å². The molecular weight excluding hydrogens is 1220 g/mol. The van der Waals surface area contributed by atoms with Crippen LogP contribution in [-0.2, 0) is 80.0 Å². The predicted molar refractivity (Wildman–Crippen MR) is 351 cm³/mol. The second-order valence-electron chi connectivity index (χ2n) is 22.9. The van der Waals surface area contributed by atoms with Crippen LogP contribution >= 0.6 is 0 Å². The lowest BCUT2D eigenvalue weighted by Gasteiger charge is -2.21. The van der Waals surface area contributed by atoms with Gasteiger partial charge in [0.15, 0.2) is 0 Å². The lowest BCUT2D eigenvalue weighted by Crippen LogP contribution is -2.16. The number of carbonyl (C=O) groups excluding carboxylic acids is 10. The molecule has 0 radical (unpaired) electrons. The molecular formula is C75H70O20. The number of carbonyl (C=O) groups is 10. The van der Waals surface area contributed by atoms with Gasteiger partial charge in [0.05, 0.1) is 0 Å². The minimum absolute atomic E-state index is 0.0483. The van der Waals surface area contributed by atoms with Crippen molar-refractivity contribution in [3.63, 3.8) is 0 Å². The highest BCUT2D eigenvalue weighted by molar-refractivity contribution is 5.95. The molecule has 95 heavy (non-hydrogen) atoms. The summed E-state index contributed by atoms with van der Waals surface area (Å²) in [4.78, 5) is 138. The maximum Gasteiger partial charge on any atom is 0.338 e. The Morgan fingerprint density at radius 2 is 0.263 bits per heavy atom. The van der Waals surface area contributed by atoms with Crippen LogP contribution in [0.3, 0.4) is 0 Å². The molecule has 5 aromatic carbocycles. The van der Waals surface area contributed by atoms with Crippen LogP contribution in [0, 0.1) is 0 Å².